The van der Waals surface area contributed by atoms with Crippen LogP contribution >= 0.6 is 7.60 Å². The second kappa shape index (κ2) is 17.3. The number of rotatable bonds is 21. The van der Waals surface area contributed by atoms with Crippen LogP contribution in [0.5, 0.6) is 0 Å². The summed E-state index contributed by atoms with van der Waals surface area (Å²) in [6, 6.07) is 0. The Morgan fingerprint density at radius 2 is 1.10 bits per heavy atom. The smallest absolute Gasteiger partial charge is 0.362 e. The molecule has 0 aliphatic heterocycles. The molecule has 0 aromatic rings. The molecule has 0 saturated heterocycles. The molecule has 0 heterocycles. The van der Waals surface area contributed by atoms with Crippen molar-refractivity contribution in [3.8, 4) is 0 Å². The van der Waals surface area contributed by atoms with Crippen molar-refractivity contribution >= 4 is 7.60 Å². The SMILES string of the molecule is CCCCCC/C=C\CCCCCCCCCCCCC(O)(C[N+](C)(C)C)P(=O)(O)O. The van der Waals surface area contributed by atoms with E-state index in [1.165, 1.54) is 83.5 Å². The number of hydrogen-bond acceptors (Lipinski definition) is 2. The van der Waals surface area contributed by atoms with Crippen LogP contribution < -0.4 is 0 Å². The number of nitrogens with zero attached hydrogens (tertiary/aromatic N) is 1. The van der Waals surface area contributed by atoms with Crippen LogP contribution in [0.3, 0.4) is 0 Å². The molecule has 1 atom stereocenters. The average molecular weight is 463 g/mol. The van der Waals surface area contributed by atoms with E-state index in [1.807, 2.05) is 21.1 Å². The fourth-order valence-electron chi connectivity index (χ4n) is 4.09. The minimum absolute atomic E-state index is 0.0615. The third-order valence-electron chi connectivity index (χ3n) is 5.86. The first-order valence-corrected chi connectivity index (χ1v) is 14.4. The lowest BCUT2D eigenvalue weighted by Gasteiger charge is -2.35. The van der Waals surface area contributed by atoms with Crippen molar-refractivity contribution in [1.29, 1.82) is 0 Å². The molecule has 3 N–H and O–H groups in total. The number of aliphatic hydroxyl groups is 1. The van der Waals surface area contributed by atoms with Gasteiger partial charge in [0.25, 0.3) is 0 Å². The second-order valence-corrected chi connectivity index (χ2v) is 12.3. The van der Waals surface area contributed by atoms with Gasteiger partial charge >= 0.3 is 7.60 Å². The first-order valence-electron chi connectivity index (χ1n) is 12.8. The highest BCUT2D eigenvalue weighted by atomic mass is 31.2. The predicted octanol–water partition coefficient (Wildman–Crippen LogP) is 6.77. The van der Waals surface area contributed by atoms with Crippen LogP contribution in [-0.4, -0.2) is 52.4 Å². The second-order valence-electron chi connectivity index (χ2n) is 10.4. The molecule has 0 spiro atoms. The summed E-state index contributed by atoms with van der Waals surface area (Å²) in [6.45, 7) is 2.31. The van der Waals surface area contributed by atoms with E-state index in [-0.39, 0.29) is 13.0 Å². The molecule has 0 rings (SSSR count). The van der Waals surface area contributed by atoms with E-state index in [0.29, 0.717) is 10.9 Å². The fraction of sp³-hybridized carbons (Fsp3) is 0.920. The molecule has 6 heteroatoms. The van der Waals surface area contributed by atoms with E-state index in [4.69, 9.17) is 0 Å². The van der Waals surface area contributed by atoms with Crippen molar-refractivity contribution in [1.82, 2.24) is 0 Å². The predicted molar refractivity (Wildman–Crippen MR) is 133 cm³/mol. The van der Waals surface area contributed by atoms with Gasteiger partial charge in [0.05, 0.1) is 21.1 Å². The Balaban J connectivity index is 3.61. The summed E-state index contributed by atoms with van der Waals surface area (Å²) in [5.41, 5.74) is 0. The molecule has 5 nitrogen and oxygen atoms in total. The lowest BCUT2D eigenvalue weighted by Crippen LogP contribution is -2.49. The topological polar surface area (TPSA) is 77.8 Å². The molecule has 31 heavy (non-hydrogen) atoms. The van der Waals surface area contributed by atoms with Crippen LogP contribution in [0.15, 0.2) is 12.2 Å². The highest BCUT2D eigenvalue weighted by molar-refractivity contribution is 7.53. The molecule has 0 radical (unpaired) electrons. The third-order valence-corrected chi connectivity index (χ3v) is 7.31. The lowest BCUT2D eigenvalue weighted by molar-refractivity contribution is -0.875. The van der Waals surface area contributed by atoms with E-state index < -0.39 is 12.9 Å². The van der Waals surface area contributed by atoms with Crippen molar-refractivity contribution in [3.63, 3.8) is 0 Å². The van der Waals surface area contributed by atoms with E-state index in [9.17, 15) is 19.5 Å². The first-order chi connectivity index (χ1) is 14.5. The Morgan fingerprint density at radius 1 is 0.710 bits per heavy atom. The van der Waals surface area contributed by atoms with Gasteiger partial charge in [0.1, 0.15) is 6.54 Å². The molecule has 0 bridgehead atoms. The third kappa shape index (κ3) is 18.0. The maximum atomic E-state index is 11.8. The van der Waals surface area contributed by atoms with Crippen LogP contribution in [0.1, 0.15) is 116 Å². The van der Waals surface area contributed by atoms with E-state index in [2.05, 4.69) is 19.1 Å². The molecule has 0 aliphatic carbocycles. The minimum atomic E-state index is -4.54. The zero-order valence-corrected chi connectivity index (χ0v) is 21.9. The molecule has 0 amide bonds. The molecule has 0 aromatic carbocycles. The van der Waals surface area contributed by atoms with Gasteiger partial charge < -0.3 is 19.4 Å². The fourth-order valence-corrected chi connectivity index (χ4v) is 5.14. The number of allylic oxidation sites excluding steroid dienone is 2. The van der Waals surface area contributed by atoms with Crippen molar-refractivity contribution < 1.29 is 23.9 Å². The molecule has 0 aromatic heterocycles. The Morgan fingerprint density at radius 3 is 1.48 bits per heavy atom. The quantitative estimate of drug-likeness (QED) is 0.0761. The average Bonchev–Trinajstić information content (AvgIpc) is 2.65. The Labute approximate surface area is 193 Å². The zero-order chi connectivity index (χ0) is 23.6. The van der Waals surface area contributed by atoms with Crippen LogP contribution in [0, 0.1) is 0 Å². The van der Waals surface area contributed by atoms with Crippen molar-refractivity contribution in [2.75, 3.05) is 27.7 Å². The van der Waals surface area contributed by atoms with Crippen LogP contribution in [0.2, 0.25) is 0 Å². The highest BCUT2D eigenvalue weighted by Crippen LogP contribution is 2.52. The van der Waals surface area contributed by atoms with Gasteiger partial charge in [0.15, 0.2) is 0 Å². The lowest BCUT2D eigenvalue weighted by atomic mass is 10.0. The first kappa shape index (κ1) is 30.8. The number of likely N-dealkylation sites (N-methyl/N-ethyl adjacent to an activating group) is 1. The maximum Gasteiger partial charge on any atom is 0.362 e. The standard InChI is InChI=1S/C25H52NO4P/c1-5-6-7-8-9-10-11-12-13-14-15-16-17-18-19-20-21-22-23-25(27,31(28,29)30)24-26(2,3)4/h10-11,27H,5-9,12-24H2,1-4H3,(H-,28,29,30)/p+1/b11-10-. The summed E-state index contributed by atoms with van der Waals surface area (Å²) < 4.78 is 12.1. The number of quaternary nitrogens is 1. The molecular weight excluding hydrogens is 409 g/mol. The van der Waals surface area contributed by atoms with Crippen molar-refractivity contribution in [2.45, 2.75) is 121 Å². The van der Waals surface area contributed by atoms with Gasteiger partial charge in [-0.1, -0.05) is 89.7 Å². The Kier molecular flexibility index (Phi) is 17.2. The largest absolute Gasteiger partial charge is 0.373 e. The molecule has 186 valence electrons. The van der Waals surface area contributed by atoms with Crippen molar-refractivity contribution in [3.05, 3.63) is 12.2 Å². The van der Waals surface area contributed by atoms with Gasteiger partial charge in [0, 0.05) is 0 Å². The summed E-state index contributed by atoms with van der Waals surface area (Å²) in [6.07, 6.45) is 24.3. The van der Waals surface area contributed by atoms with E-state index in [0.717, 1.165) is 12.8 Å². The van der Waals surface area contributed by atoms with Gasteiger partial charge in [0.2, 0.25) is 5.34 Å². The number of unbranched alkanes of at least 4 members (excludes halogenated alkanes) is 14. The van der Waals surface area contributed by atoms with E-state index >= 15 is 0 Å². The van der Waals surface area contributed by atoms with Crippen LogP contribution in [0.4, 0.5) is 0 Å². The van der Waals surface area contributed by atoms with Gasteiger partial charge in [-0.15, -0.1) is 0 Å². The normalized spacial score (nSPS) is 14.9. The summed E-state index contributed by atoms with van der Waals surface area (Å²) in [5, 5.41) is 8.63. The van der Waals surface area contributed by atoms with Crippen LogP contribution in [0.25, 0.3) is 0 Å². The summed E-state index contributed by atoms with van der Waals surface area (Å²) in [4.78, 5) is 19.2. The zero-order valence-electron chi connectivity index (χ0n) is 21.0. The summed E-state index contributed by atoms with van der Waals surface area (Å²) >= 11 is 0. The maximum absolute atomic E-state index is 11.8. The highest BCUT2D eigenvalue weighted by Gasteiger charge is 2.48. The Bertz CT molecular complexity index is 498. The van der Waals surface area contributed by atoms with E-state index in [1.54, 1.807) is 0 Å². The number of hydrogen-bond donors (Lipinski definition) is 3. The van der Waals surface area contributed by atoms with Gasteiger partial charge in [-0.3, -0.25) is 4.57 Å². The Hall–Kier alpha value is -0.190. The molecular formula is C25H53NO4P+. The van der Waals surface area contributed by atoms with Gasteiger partial charge in [-0.25, -0.2) is 0 Å². The summed E-state index contributed by atoms with van der Waals surface area (Å²) in [5.74, 6) is 0. The monoisotopic (exact) mass is 462 g/mol. The van der Waals surface area contributed by atoms with Crippen LogP contribution in [-0.2, 0) is 4.57 Å². The molecule has 0 aliphatic rings. The van der Waals surface area contributed by atoms with Gasteiger partial charge in [-0.05, 0) is 38.5 Å². The molecule has 0 saturated carbocycles. The van der Waals surface area contributed by atoms with Crippen molar-refractivity contribution in [2.24, 2.45) is 0 Å². The van der Waals surface area contributed by atoms with Gasteiger partial charge in [-0.2, -0.15) is 0 Å². The molecule has 0 fully saturated rings. The summed E-state index contributed by atoms with van der Waals surface area (Å²) in [7, 11) is 0.980. The minimum Gasteiger partial charge on any atom is -0.373 e. The molecule has 1 unspecified atom stereocenters.